The molecule has 0 aliphatic heterocycles. The van der Waals surface area contributed by atoms with Crippen LogP contribution in [0.25, 0.3) is 11.0 Å². The Hall–Kier alpha value is -2.24. The summed E-state index contributed by atoms with van der Waals surface area (Å²) in [6.45, 7) is 0. The van der Waals surface area contributed by atoms with Gasteiger partial charge in [0.05, 0.1) is 5.52 Å². The van der Waals surface area contributed by atoms with Crippen molar-refractivity contribution in [2.45, 2.75) is 38.1 Å². The van der Waals surface area contributed by atoms with Crippen LogP contribution in [-0.2, 0) is 4.79 Å². The molecule has 0 spiro atoms. The second kappa shape index (κ2) is 6.03. The van der Waals surface area contributed by atoms with Gasteiger partial charge in [0.1, 0.15) is 11.6 Å². The summed E-state index contributed by atoms with van der Waals surface area (Å²) in [5.74, 6) is -0.434. The highest BCUT2D eigenvalue weighted by atomic mass is 16.4. The molecule has 1 aromatic carbocycles. The number of nitrogens with zero attached hydrogens (tertiary/aromatic N) is 3. The van der Waals surface area contributed by atoms with Crippen molar-refractivity contribution < 1.29 is 9.90 Å². The molecule has 110 valence electrons. The van der Waals surface area contributed by atoms with Crippen molar-refractivity contribution in [3.63, 3.8) is 0 Å². The Bertz CT molecular complexity index is 640. The van der Waals surface area contributed by atoms with Crippen LogP contribution in [0, 0.1) is 5.92 Å². The summed E-state index contributed by atoms with van der Waals surface area (Å²) >= 11 is 0. The van der Waals surface area contributed by atoms with E-state index in [2.05, 4.69) is 20.5 Å². The van der Waals surface area contributed by atoms with E-state index in [-0.39, 0.29) is 11.9 Å². The van der Waals surface area contributed by atoms with Crippen LogP contribution in [-0.4, -0.2) is 32.3 Å². The molecule has 6 heteroatoms. The van der Waals surface area contributed by atoms with Gasteiger partial charge in [-0.3, -0.25) is 0 Å². The first kappa shape index (κ1) is 13.7. The summed E-state index contributed by atoms with van der Waals surface area (Å²) < 4.78 is 0. The second-order valence-electron chi connectivity index (χ2n) is 5.48. The number of benzene rings is 1. The lowest BCUT2D eigenvalue weighted by Crippen LogP contribution is -2.38. The normalized spacial score (nSPS) is 17.5. The van der Waals surface area contributed by atoms with Crippen LogP contribution in [0.15, 0.2) is 24.3 Å². The molecule has 1 heterocycles. The maximum Gasteiger partial charge on any atom is 0.326 e. The van der Waals surface area contributed by atoms with E-state index in [1.165, 1.54) is 6.42 Å². The molecule has 0 amide bonds. The minimum Gasteiger partial charge on any atom is -0.480 e. The average molecular weight is 286 g/mol. The third-order valence-electron chi connectivity index (χ3n) is 4.03. The van der Waals surface area contributed by atoms with E-state index in [4.69, 9.17) is 0 Å². The van der Waals surface area contributed by atoms with Gasteiger partial charge in [0.2, 0.25) is 5.95 Å². The number of nitrogens with one attached hydrogen (secondary N) is 1. The van der Waals surface area contributed by atoms with Crippen LogP contribution < -0.4 is 5.32 Å². The lowest BCUT2D eigenvalue weighted by atomic mass is 9.84. The van der Waals surface area contributed by atoms with Gasteiger partial charge in [0.15, 0.2) is 0 Å². The molecule has 1 saturated carbocycles. The van der Waals surface area contributed by atoms with Crippen molar-refractivity contribution >= 4 is 23.0 Å². The van der Waals surface area contributed by atoms with Gasteiger partial charge >= 0.3 is 5.97 Å². The van der Waals surface area contributed by atoms with E-state index < -0.39 is 12.0 Å². The Kier molecular flexibility index (Phi) is 3.94. The van der Waals surface area contributed by atoms with E-state index in [0.717, 1.165) is 25.7 Å². The largest absolute Gasteiger partial charge is 0.480 e. The summed E-state index contributed by atoms with van der Waals surface area (Å²) in [5, 5.41) is 20.5. The molecule has 0 bridgehead atoms. The molecule has 3 rings (SSSR count). The molecule has 0 radical (unpaired) electrons. The number of rotatable bonds is 4. The van der Waals surface area contributed by atoms with Crippen LogP contribution in [0.4, 0.5) is 5.95 Å². The molecule has 2 aromatic rings. The van der Waals surface area contributed by atoms with Crippen molar-refractivity contribution in [3.8, 4) is 0 Å². The zero-order valence-electron chi connectivity index (χ0n) is 11.7. The number of carboxylic acid groups (broad SMARTS) is 1. The Morgan fingerprint density at radius 3 is 2.57 bits per heavy atom. The number of aromatic nitrogens is 3. The fraction of sp³-hybridized carbons (Fsp3) is 0.467. The minimum absolute atomic E-state index is 0.131. The summed E-state index contributed by atoms with van der Waals surface area (Å²) in [6.07, 6.45) is 5.24. The van der Waals surface area contributed by atoms with Gasteiger partial charge in [-0.05, 0) is 30.9 Å². The first-order chi connectivity index (χ1) is 10.2. The first-order valence-electron chi connectivity index (χ1n) is 7.33. The zero-order chi connectivity index (χ0) is 14.7. The number of para-hydroxylation sites is 1. The SMILES string of the molecule is O=C(O)C(Nc1nnc2ccccc2n1)C1CCCCC1. The molecule has 1 unspecified atom stereocenters. The third-order valence-corrected chi connectivity index (χ3v) is 4.03. The number of carboxylic acids is 1. The van der Waals surface area contributed by atoms with Crippen molar-refractivity contribution in [3.05, 3.63) is 24.3 Å². The van der Waals surface area contributed by atoms with E-state index in [1.54, 1.807) is 0 Å². The quantitative estimate of drug-likeness (QED) is 0.897. The lowest BCUT2D eigenvalue weighted by molar-refractivity contribution is -0.139. The summed E-state index contributed by atoms with van der Waals surface area (Å²) in [4.78, 5) is 15.9. The molecule has 1 aliphatic rings. The molecule has 2 N–H and O–H groups in total. The van der Waals surface area contributed by atoms with Gasteiger partial charge in [-0.2, -0.15) is 0 Å². The van der Waals surface area contributed by atoms with Gasteiger partial charge in [-0.25, -0.2) is 9.78 Å². The molecule has 1 aliphatic carbocycles. The van der Waals surface area contributed by atoms with Gasteiger partial charge in [-0.1, -0.05) is 31.4 Å². The summed E-state index contributed by atoms with van der Waals surface area (Å²) in [6, 6.07) is 6.76. The van der Waals surface area contributed by atoms with Crippen molar-refractivity contribution in [2.75, 3.05) is 5.32 Å². The number of hydrogen-bond donors (Lipinski definition) is 2. The Balaban J connectivity index is 1.81. The minimum atomic E-state index is -0.848. The Labute approximate surface area is 122 Å². The van der Waals surface area contributed by atoms with Gasteiger partial charge in [-0.15, -0.1) is 10.2 Å². The van der Waals surface area contributed by atoms with Crippen LogP contribution in [0.1, 0.15) is 32.1 Å². The molecular formula is C15H18N4O2. The van der Waals surface area contributed by atoms with E-state index in [0.29, 0.717) is 11.0 Å². The van der Waals surface area contributed by atoms with Crippen LogP contribution in [0.2, 0.25) is 0 Å². The number of anilines is 1. The van der Waals surface area contributed by atoms with Gasteiger partial charge in [0, 0.05) is 0 Å². The molecule has 6 nitrogen and oxygen atoms in total. The standard InChI is InChI=1S/C15H18N4O2/c20-14(21)13(10-6-2-1-3-7-10)17-15-16-11-8-4-5-9-12(11)18-19-15/h4-5,8-10,13H,1-3,6-7H2,(H,20,21)(H,16,17,19). The fourth-order valence-electron chi connectivity index (χ4n) is 2.93. The van der Waals surface area contributed by atoms with E-state index in [1.807, 2.05) is 24.3 Å². The van der Waals surface area contributed by atoms with Crippen molar-refractivity contribution in [1.82, 2.24) is 15.2 Å². The maximum absolute atomic E-state index is 11.5. The lowest BCUT2D eigenvalue weighted by Gasteiger charge is -2.27. The molecule has 1 fully saturated rings. The predicted molar refractivity (Wildman–Crippen MR) is 79.0 cm³/mol. The topological polar surface area (TPSA) is 88.0 Å². The molecule has 21 heavy (non-hydrogen) atoms. The second-order valence-corrected chi connectivity index (χ2v) is 5.48. The maximum atomic E-state index is 11.5. The monoisotopic (exact) mass is 286 g/mol. The molecule has 1 aromatic heterocycles. The van der Waals surface area contributed by atoms with Crippen molar-refractivity contribution in [1.29, 1.82) is 0 Å². The summed E-state index contributed by atoms with van der Waals surface area (Å²) in [7, 11) is 0. The number of hydrogen-bond acceptors (Lipinski definition) is 5. The molecule has 0 saturated heterocycles. The van der Waals surface area contributed by atoms with Crippen LogP contribution in [0.5, 0.6) is 0 Å². The number of fused-ring (bicyclic) bond motifs is 1. The van der Waals surface area contributed by atoms with Gasteiger partial charge < -0.3 is 10.4 Å². The third kappa shape index (κ3) is 3.09. The highest BCUT2D eigenvalue weighted by Crippen LogP contribution is 2.28. The highest BCUT2D eigenvalue weighted by Gasteiger charge is 2.30. The van der Waals surface area contributed by atoms with Crippen LogP contribution >= 0.6 is 0 Å². The van der Waals surface area contributed by atoms with Gasteiger partial charge in [0.25, 0.3) is 0 Å². The predicted octanol–water partition coefficient (Wildman–Crippen LogP) is 2.47. The Morgan fingerprint density at radius 2 is 1.86 bits per heavy atom. The highest BCUT2D eigenvalue weighted by molar-refractivity contribution is 5.78. The zero-order valence-corrected chi connectivity index (χ0v) is 11.7. The molecular weight excluding hydrogens is 268 g/mol. The Morgan fingerprint density at radius 1 is 1.14 bits per heavy atom. The molecule has 1 atom stereocenters. The first-order valence-corrected chi connectivity index (χ1v) is 7.33. The average Bonchev–Trinajstić information content (AvgIpc) is 2.53. The van der Waals surface area contributed by atoms with Crippen LogP contribution in [0.3, 0.4) is 0 Å². The van der Waals surface area contributed by atoms with Crippen molar-refractivity contribution in [2.24, 2.45) is 5.92 Å². The smallest absolute Gasteiger partial charge is 0.326 e. The summed E-state index contributed by atoms with van der Waals surface area (Å²) in [5.41, 5.74) is 1.41. The van der Waals surface area contributed by atoms with E-state index in [9.17, 15) is 9.90 Å². The fourth-order valence-corrected chi connectivity index (χ4v) is 2.93. The number of carbonyl (C=O) groups is 1. The van der Waals surface area contributed by atoms with E-state index >= 15 is 0 Å². The number of aliphatic carboxylic acids is 1.